The second-order valence-corrected chi connectivity index (χ2v) is 9.91. The van der Waals surface area contributed by atoms with Gasteiger partial charge in [-0.05, 0) is 86.3 Å². The highest BCUT2D eigenvalue weighted by Crippen LogP contribution is 2.38. The summed E-state index contributed by atoms with van der Waals surface area (Å²) in [7, 11) is 3.31. The van der Waals surface area contributed by atoms with Crippen molar-refractivity contribution in [3.05, 3.63) is 77.1 Å². The van der Waals surface area contributed by atoms with E-state index in [1.165, 1.54) is 7.11 Å². The highest BCUT2D eigenvalue weighted by atomic mass is 16.5. The van der Waals surface area contributed by atoms with Crippen molar-refractivity contribution in [1.82, 2.24) is 15.0 Å². The molecule has 0 amide bonds. The normalized spacial score (nSPS) is 14.8. The molecule has 0 saturated heterocycles. The summed E-state index contributed by atoms with van der Waals surface area (Å²) in [6.45, 7) is 4.79. The number of nitrogens with zero attached hydrogens (tertiary/aromatic N) is 4. The minimum Gasteiger partial charge on any atom is -0.494 e. The summed E-state index contributed by atoms with van der Waals surface area (Å²) < 4.78 is 12.8. The van der Waals surface area contributed by atoms with Crippen molar-refractivity contribution in [3.8, 4) is 16.9 Å². The lowest BCUT2D eigenvalue weighted by atomic mass is 9.98. The number of carbonyl (C=O) groups is 1. The van der Waals surface area contributed by atoms with Gasteiger partial charge in [0.2, 0.25) is 0 Å². The van der Waals surface area contributed by atoms with Crippen LogP contribution in [0.2, 0.25) is 0 Å². The molecule has 1 atom stereocenters. The second kappa shape index (κ2) is 13.2. The fraction of sp³-hybridized carbons (Fsp3) is 0.419. The maximum absolute atomic E-state index is 12.4. The van der Waals surface area contributed by atoms with Crippen molar-refractivity contribution in [2.45, 2.75) is 58.4 Å². The lowest BCUT2D eigenvalue weighted by molar-refractivity contribution is -0.135. The van der Waals surface area contributed by atoms with Gasteiger partial charge >= 0.3 is 5.97 Å². The van der Waals surface area contributed by atoms with Crippen LogP contribution in [-0.4, -0.2) is 40.9 Å². The number of aromatic nitrogens is 3. The fourth-order valence-corrected chi connectivity index (χ4v) is 4.55. The van der Waals surface area contributed by atoms with Gasteiger partial charge in [0.25, 0.3) is 0 Å². The minimum absolute atomic E-state index is 0.0460. The second-order valence-electron chi connectivity index (χ2n) is 9.91. The van der Waals surface area contributed by atoms with Crippen LogP contribution < -0.4 is 4.74 Å². The van der Waals surface area contributed by atoms with Crippen LogP contribution in [0.15, 0.2) is 70.9 Å². The predicted octanol–water partition coefficient (Wildman–Crippen LogP) is 6.31. The molecule has 0 aliphatic heterocycles. The van der Waals surface area contributed by atoms with Gasteiger partial charge in [-0.1, -0.05) is 48.0 Å². The minimum atomic E-state index is -0.313. The topological polar surface area (TPSA) is 78.6 Å². The van der Waals surface area contributed by atoms with E-state index in [-0.39, 0.29) is 12.0 Å². The molecule has 1 aliphatic carbocycles. The molecular formula is C31H38N4O3. The molecule has 1 saturated carbocycles. The number of esters is 1. The number of aliphatic imine (C=N–C) groups is 1. The summed E-state index contributed by atoms with van der Waals surface area (Å²) in [5.41, 5.74) is 6.01. The number of allylic oxidation sites excluding steroid dienone is 1. The first-order valence-corrected chi connectivity index (χ1v) is 13.5. The third-order valence-electron chi connectivity index (χ3n) is 6.98. The quantitative estimate of drug-likeness (QED) is 0.116. The van der Waals surface area contributed by atoms with Gasteiger partial charge < -0.3 is 9.47 Å². The van der Waals surface area contributed by atoms with Crippen molar-refractivity contribution in [2.75, 3.05) is 13.7 Å². The number of hydrogen-bond acceptors (Lipinski definition) is 6. The summed E-state index contributed by atoms with van der Waals surface area (Å²) >= 11 is 0. The molecule has 0 radical (unpaired) electrons. The van der Waals surface area contributed by atoms with E-state index in [2.05, 4.69) is 53.6 Å². The molecule has 1 aliphatic rings. The number of unbranched alkanes of at least 4 members (excludes halogenated alkanes) is 1. The van der Waals surface area contributed by atoms with E-state index in [9.17, 15) is 4.79 Å². The van der Waals surface area contributed by atoms with Gasteiger partial charge in [-0.3, -0.25) is 9.67 Å². The zero-order chi connectivity index (χ0) is 26.9. The summed E-state index contributed by atoms with van der Waals surface area (Å²) in [6, 6.07) is 16.6. The van der Waals surface area contributed by atoms with E-state index in [1.807, 2.05) is 32.3 Å². The van der Waals surface area contributed by atoms with Gasteiger partial charge in [0.05, 0.1) is 31.0 Å². The first-order valence-electron chi connectivity index (χ1n) is 13.5. The van der Waals surface area contributed by atoms with Crippen LogP contribution in [0.25, 0.3) is 11.1 Å². The Morgan fingerprint density at radius 1 is 1.16 bits per heavy atom. The number of benzene rings is 2. The Balaban J connectivity index is 1.40. The Hall–Kier alpha value is -3.74. The predicted molar refractivity (Wildman–Crippen MR) is 150 cm³/mol. The summed E-state index contributed by atoms with van der Waals surface area (Å²) in [5, 5.41) is 8.11. The van der Waals surface area contributed by atoms with Crippen LogP contribution in [0.4, 0.5) is 0 Å². The summed E-state index contributed by atoms with van der Waals surface area (Å²) in [6.07, 6.45) is 9.63. The highest BCUT2D eigenvalue weighted by molar-refractivity contribution is 6.10. The van der Waals surface area contributed by atoms with E-state index in [1.54, 1.807) is 10.9 Å². The first kappa shape index (κ1) is 27.3. The van der Waals surface area contributed by atoms with Crippen molar-refractivity contribution >= 4 is 12.2 Å². The van der Waals surface area contributed by atoms with Gasteiger partial charge in [0.1, 0.15) is 5.75 Å². The molecule has 4 rings (SSSR count). The van der Waals surface area contributed by atoms with Gasteiger partial charge in [-0.15, -0.1) is 5.10 Å². The van der Waals surface area contributed by atoms with Crippen LogP contribution in [-0.2, 0) is 23.0 Å². The standard InChI is InChI=1S/C31H38N4O3/c1-5-30(32-20-29(31(36)37-4)22(2)23-15-16-23)26-12-8-10-24(18-26)25-11-9-14-28(19-25)38-17-7-6-13-27-21-35(3)34-33-27/h8-12,14,18-21,23,30H,5-7,13,15-17H2,1-4H3/b29-22-,32-20?. The zero-order valence-electron chi connectivity index (χ0n) is 22.9. The Kier molecular flexibility index (Phi) is 9.46. The van der Waals surface area contributed by atoms with Crippen LogP contribution in [0.5, 0.6) is 5.75 Å². The molecule has 2 aromatic carbocycles. The van der Waals surface area contributed by atoms with E-state index in [0.717, 1.165) is 72.2 Å². The third kappa shape index (κ3) is 7.40. The van der Waals surface area contributed by atoms with Gasteiger partial charge in [-0.25, -0.2) is 4.79 Å². The van der Waals surface area contributed by atoms with E-state index < -0.39 is 0 Å². The summed E-state index contributed by atoms with van der Waals surface area (Å²) in [4.78, 5) is 17.2. The molecule has 0 N–H and O–H groups in total. The molecule has 1 aromatic heterocycles. The molecule has 1 heterocycles. The largest absolute Gasteiger partial charge is 0.494 e. The molecule has 3 aromatic rings. The summed E-state index contributed by atoms with van der Waals surface area (Å²) in [5.74, 6) is 1.03. The molecule has 1 unspecified atom stereocenters. The number of ether oxygens (including phenoxy) is 2. The van der Waals surface area contributed by atoms with Crippen molar-refractivity contribution in [2.24, 2.45) is 18.0 Å². The molecule has 200 valence electrons. The van der Waals surface area contributed by atoms with Crippen LogP contribution in [0, 0.1) is 5.92 Å². The third-order valence-corrected chi connectivity index (χ3v) is 6.98. The maximum Gasteiger partial charge on any atom is 0.339 e. The zero-order valence-corrected chi connectivity index (χ0v) is 22.9. The van der Waals surface area contributed by atoms with E-state index >= 15 is 0 Å². The molecule has 7 nitrogen and oxygen atoms in total. The van der Waals surface area contributed by atoms with Gasteiger partial charge in [0.15, 0.2) is 0 Å². The van der Waals surface area contributed by atoms with E-state index in [0.29, 0.717) is 18.1 Å². The Morgan fingerprint density at radius 2 is 1.92 bits per heavy atom. The SMILES string of the molecule is CCC(N=C/C(C(=O)OC)=C(\C)C1CC1)c1cccc(-c2cccc(OCCCCc3cn(C)nn3)c2)c1. The first-order chi connectivity index (χ1) is 18.5. The van der Waals surface area contributed by atoms with Crippen molar-refractivity contribution in [1.29, 1.82) is 0 Å². The maximum atomic E-state index is 12.4. The molecule has 38 heavy (non-hydrogen) atoms. The Bertz CT molecular complexity index is 1290. The smallest absolute Gasteiger partial charge is 0.339 e. The van der Waals surface area contributed by atoms with Crippen molar-refractivity contribution in [3.63, 3.8) is 0 Å². The Morgan fingerprint density at radius 3 is 2.61 bits per heavy atom. The molecule has 7 heteroatoms. The van der Waals surface area contributed by atoms with Crippen LogP contribution in [0.1, 0.15) is 63.3 Å². The number of aryl methyl sites for hydroxylation is 2. The average Bonchev–Trinajstić information content (AvgIpc) is 3.71. The fourth-order valence-electron chi connectivity index (χ4n) is 4.55. The Labute approximate surface area is 225 Å². The molecule has 1 fully saturated rings. The van der Waals surface area contributed by atoms with Crippen molar-refractivity contribution < 1.29 is 14.3 Å². The highest BCUT2D eigenvalue weighted by Gasteiger charge is 2.27. The number of hydrogen-bond donors (Lipinski definition) is 0. The van der Waals surface area contributed by atoms with E-state index in [4.69, 9.17) is 14.5 Å². The molecule has 0 spiro atoms. The molecule has 0 bridgehead atoms. The average molecular weight is 515 g/mol. The molecular weight excluding hydrogens is 476 g/mol. The monoisotopic (exact) mass is 514 g/mol. The van der Waals surface area contributed by atoms with Crippen LogP contribution >= 0.6 is 0 Å². The lowest BCUT2D eigenvalue weighted by Gasteiger charge is -2.14. The van der Waals surface area contributed by atoms with Gasteiger partial charge in [0, 0.05) is 19.5 Å². The number of rotatable bonds is 13. The number of carbonyl (C=O) groups excluding carboxylic acids is 1. The number of methoxy groups -OCH3 is 1. The lowest BCUT2D eigenvalue weighted by Crippen LogP contribution is -2.10. The van der Waals surface area contributed by atoms with Crippen LogP contribution in [0.3, 0.4) is 0 Å². The van der Waals surface area contributed by atoms with Gasteiger partial charge in [-0.2, -0.15) is 0 Å².